The van der Waals surface area contributed by atoms with Crippen LogP contribution < -0.4 is 14.8 Å². The number of para-hydroxylation sites is 1. The maximum atomic E-state index is 12.2. The molecule has 0 aliphatic heterocycles. The number of carbonyl (C=O) groups excluding carboxylic acids is 1. The van der Waals surface area contributed by atoms with Crippen molar-refractivity contribution in [2.75, 3.05) is 12.4 Å². The van der Waals surface area contributed by atoms with Gasteiger partial charge in [0, 0.05) is 5.69 Å². The van der Waals surface area contributed by atoms with Gasteiger partial charge >= 0.3 is 0 Å². The third-order valence-electron chi connectivity index (χ3n) is 3.56. The fourth-order valence-corrected chi connectivity index (χ4v) is 2.25. The van der Waals surface area contributed by atoms with Gasteiger partial charge in [-0.1, -0.05) is 12.1 Å². The smallest absolute Gasteiger partial charge is 0.259 e. The first-order valence-corrected chi connectivity index (χ1v) is 7.67. The van der Waals surface area contributed by atoms with Crippen LogP contribution >= 0.6 is 0 Å². The number of aromatic hydroxyl groups is 1. The number of phenolic OH excluding ortho intramolecular Hbond substituents is 1. The van der Waals surface area contributed by atoms with E-state index < -0.39 is 0 Å². The summed E-state index contributed by atoms with van der Waals surface area (Å²) in [5.74, 6) is 1.66. The Morgan fingerprint density at radius 3 is 2.00 bits per heavy atom. The summed E-state index contributed by atoms with van der Waals surface area (Å²) in [6, 6.07) is 20.6. The van der Waals surface area contributed by atoms with Crippen LogP contribution in [0.3, 0.4) is 0 Å². The number of benzene rings is 3. The monoisotopic (exact) mass is 335 g/mol. The Morgan fingerprint density at radius 2 is 1.40 bits per heavy atom. The average Bonchev–Trinajstić information content (AvgIpc) is 2.64. The summed E-state index contributed by atoms with van der Waals surface area (Å²) in [6.07, 6.45) is 0. The standard InChI is InChI=1S/C20H17NO4/c1-24-15-10-12-17(13-11-15)25-16-8-6-14(7-9-16)21-20(23)18-4-2-3-5-19(18)22/h2-13,22H,1H3,(H,21,23). The van der Waals surface area contributed by atoms with Gasteiger partial charge in [-0.15, -0.1) is 0 Å². The second-order valence-corrected chi connectivity index (χ2v) is 5.27. The maximum absolute atomic E-state index is 12.2. The number of hydrogen-bond donors (Lipinski definition) is 2. The fourth-order valence-electron chi connectivity index (χ4n) is 2.25. The highest BCUT2D eigenvalue weighted by molar-refractivity contribution is 6.06. The van der Waals surface area contributed by atoms with E-state index in [2.05, 4.69) is 5.32 Å². The van der Waals surface area contributed by atoms with Gasteiger partial charge in [-0.05, 0) is 60.7 Å². The van der Waals surface area contributed by atoms with E-state index in [4.69, 9.17) is 9.47 Å². The zero-order valence-electron chi connectivity index (χ0n) is 13.6. The number of anilines is 1. The number of rotatable bonds is 5. The van der Waals surface area contributed by atoms with Crippen molar-refractivity contribution in [1.29, 1.82) is 0 Å². The first-order chi connectivity index (χ1) is 12.2. The van der Waals surface area contributed by atoms with Crippen LogP contribution in [0.1, 0.15) is 10.4 Å². The zero-order valence-corrected chi connectivity index (χ0v) is 13.6. The van der Waals surface area contributed by atoms with E-state index in [1.165, 1.54) is 6.07 Å². The molecule has 0 aromatic heterocycles. The van der Waals surface area contributed by atoms with Crippen LogP contribution in [0.2, 0.25) is 0 Å². The Kier molecular flexibility index (Phi) is 4.85. The Hall–Kier alpha value is -3.47. The third kappa shape index (κ3) is 4.09. The Bertz CT molecular complexity index is 858. The van der Waals surface area contributed by atoms with Crippen molar-refractivity contribution in [2.45, 2.75) is 0 Å². The van der Waals surface area contributed by atoms with Crippen LogP contribution in [0.4, 0.5) is 5.69 Å². The van der Waals surface area contributed by atoms with Gasteiger partial charge in [0.2, 0.25) is 0 Å². The van der Waals surface area contributed by atoms with Crippen molar-refractivity contribution < 1.29 is 19.4 Å². The molecule has 1 amide bonds. The van der Waals surface area contributed by atoms with Crippen LogP contribution in [0.25, 0.3) is 0 Å². The Morgan fingerprint density at radius 1 is 0.840 bits per heavy atom. The Balaban J connectivity index is 1.65. The molecule has 0 aliphatic carbocycles. The largest absolute Gasteiger partial charge is 0.507 e. The van der Waals surface area contributed by atoms with Crippen LogP contribution in [-0.4, -0.2) is 18.1 Å². The lowest BCUT2D eigenvalue weighted by molar-refractivity contribution is 0.102. The number of methoxy groups -OCH3 is 1. The fraction of sp³-hybridized carbons (Fsp3) is 0.0500. The van der Waals surface area contributed by atoms with E-state index in [9.17, 15) is 9.90 Å². The van der Waals surface area contributed by atoms with Crippen molar-refractivity contribution in [3.63, 3.8) is 0 Å². The molecule has 126 valence electrons. The summed E-state index contributed by atoms with van der Waals surface area (Å²) in [7, 11) is 1.61. The molecular weight excluding hydrogens is 318 g/mol. The first-order valence-electron chi connectivity index (χ1n) is 7.67. The molecule has 0 spiro atoms. The topological polar surface area (TPSA) is 67.8 Å². The van der Waals surface area contributed by atoms with Gasteiger partial charge in [0.15, 0.2) is 0 Å². The van der Waals surface area contributed by atoms with E-state index in [1.807, 2.05) is 24.3 Å². The highest BCUT2D eigenvalue weighted by Crippen LogP contribution is 2.25. The molecule has 5 nitrogen and oxygen atoms in total. The molecule has 2 N–H and O–H groups in total. The highest BCUT2D eigenvalue weighted by Gasteiger charge is 2.10. The van der Waals surface area contributed by atoms with Crippen molar-refractivity contribution in [1.82, 2.24) is 0 Å². The molecule has 0 fully saturated rings. The van der Waals surface area contributed by atoms with E-state index in [0.29, 0.717) is 17.2 Å². The minimum Gasteiger partial charge on any atom is -0.507 e. The minimum atomic E-state index is -0.373. The maximum Gasteiger partial charge on any atom is 0.259 e. The lowest BCUT2D eigenvalue weighted by Crippen LogP contribution is -2.11. The molecule has 0 atom stereocenters. The summed E-state index contributed by atoms with van der Waals surface area (Å²) in [6.45, 7) is 0. The third-order valence-corrected chi connectivity index (χ3v) is 3.56. The van der Waals surface area contributed by atoms with Crippen LogP contribution in [0.5, 0.6) is 23.0 Å². The Labute approximate surface area is 145 Å². The summed E-state index contributed by atoms with van der Waals surface area (Å²) >= 11 is 0. The van der Waals surface area contributed by atoms with Gasteiger partial charge < -0.3 is 19.9 Å². The number of ether oxygens (including phenoxy) is 2. The lowest BCUT2D eigenvalue weighted by atomic mass is 10.2. The van der Waals surface area contributed by atoms with Crippen molar-refractivity contribution in [3.05, 3.63) is 78.4 Å². The SMILES string of the molecule is COc1ccc(Oc2ccc(NC(=O)c3ccccc3O)cc2)cc1. The average molecular weight is 335 g/mol. The quantitative estimate of drug-likeness (QED) is 0.723. The van der Waals surface area contributed by atoms with E-state index in [-0.39, 0.29) is 17.2 Å². The number of carbonyl (C=O) groups is 1. The predicted octanol–water partition coefficient (Wildman–Crippen LogP) is 4.45. The van der Waals surface area contributed by atoms with Crippen LogP contribution in [-0.2, 0) is 0 Å². The molecule has 0 saturated carbocycles. The van der Waals surface area contributed by atoms with E-state index in [0.717, 1.165) is 5.75 Å². The van der Waals surface area contributed by atoms with E-state index in [1.54, 1.807) is 49.6 Å². The second kappa shape index (κ2) is 7.40. The number of hydrogen-bond acceptors (Lipinski definition) is 4. The minimum absolute atomic E-state index is 0.0561. The molecule has 3 aromatic carbocycles. The lowest BCUT2D eigenvalue weighted by Gasteiger charge is -2.09. The van der Waals surface area contributed by atoms with Gasteiger partial charge in [0.25, 0.3) is 5.91 Å². The molecule has 3 aromatic rings. The molecule has 25 heavy (non-hydrogen) atoms. The van der Waals surface area contributed by atoms with Gasteiger partial charge in [-0.3, -0.25) is 4.79 Å². The normalized spacial score (nSPS) is 10.1. The first kappa shape index (κ1) is 16.4. The number of amides is 1. The molecule has 0 unspecified atom stereocenters. The molecule has 0 bridgehead atoms. The highest BCUT2D eigenvalue weighted by atomic mass is 16.5. The van der Waals surface area contributed by atoms with Crippen molar-refractivity contribution in [3.8, 4) is 23.0 Å². The molecule has 0 saturated heterocycles. The summed E-state index contributed by atoms with van der Waals surface area (Å²) in [5, 5.41) is 12.4. The zero-order chi connectivity index (χ0) is 17.6. The van der Waals surface area contributed by atoms with Crippen molar-refractivity contribution >= 4 is 11.6 Å². The van der Waals surface area contributed by atoms with Crippen LogP contribution in [0.15, 0.2) is 72.8 Å². The van der Waals surface area contributed by atoms with Gasteiger partial charge in [0.05, 0.1) is 12.7 Å². The number of nitrogens with one attached hydrogen (secondary N) is 1. The summed E-state index contributed by atoms with van der Waals surface area (Å²) in [5.41, 5.74) is 0.830. The molecule has 3 rings (SSSR count). The summed E-state index contributed by atoms with van der Waals surface area (Å²) < 4.78 is 10.8. The summed E-state index contributed by atoms with van der Waals surface area (Å²) in [4.78, 5) is 12.2. The molecular formula is C20H17NO4. The molecule has 5 heteroatoms. The van der Waals surface area contributed by atoms with Crippen molar-refractivity contribution in [2.24, 2.45) is 0 Å². The van der Waals surface area contributed by atoms with Gasteiger partial charge in [-0.25, -0.2) is 0 Å². The van der Waals surface area contributed by atoms with Gasteiger partial charge in [0.1, 0.15) is 23.0 Å². The molecule has 0 heterocycles. The van der Waals surface area contributed by atoms with Crippen LogP contribution in [0, 0.1) is 0 Å². The van der Waals surface area contributed by atoms with Gasteiger partial charge in [-0.2, -0.15) is 0 Å². The predicted molar refractivity (Wildman–Crippen MR) is 95.6 cm³/mol. The second-order valence-electron chi connectivity index (χ2n) is 5.27. The van der Waals surface area contributed by atoms with E-state index >= 15 is 0 Å². The molecule has 0 aliphatic rings. The number of phenols is 1. The molecule has 0 radical (unpaired) electrons.